The molecule has 0 spiro atoms. The van der Waals surface area contributed by atoms with Crippen LogP contribution in [0.1, 0.15) is 59.4 Å². The van der Waals surface area contributed by atoms with E-state index in [9.17, 15) is 9.59 Å². The van der Waals surface area contributed by atoms with Gasteiger partial charge in [0.1, 0.15) is 0 Å². The van der Waals surface area contributed by atoms with Crippen LogP contribution in [0.3, 0.4) is 0 Å². The predicted octanol–water partition coefficient (Wildman–Crippen LogP) is 4.24. The Hall–Kier alpha value is -2.08. The van der Waals surface area contributed by atoms with Crippen LogP contribution in [0.2, 0.25) is 0 Å². The Morgan fingerprint density at radius 3 is 2.36 bits per heavy atom. The number of nitrogens with zero attached hydrogens (tertiary/aromatic N) is 3. The van der Waals surface area contributed by atoms with Crippen LogP contribution in [0, 0.1) is 0 Å². The number of carbonyl (C=O) groups is 2. The second kappa shape index (κ2) is 8.95. The number of fused-ring (bicyclic) bond motifs is 1. The third-order valence-corrected chi connectivity index (χ3v) is 5.60. The Kier molecular flexibility index (Phi) is 7.10. The van der Waals surface area contributed by atoms with Gasteiger partial charge in [-0.3, -0.25) is 9.69 Å². The quantitative estimate of drug-likeness (QED) is 0.756. The van der Waals surface area contributed by atoms with E-state index in [0.29, 0.717) is 18.5 Å². The summed E-state index contributed by atoms with van der Waals surface area (Å²) in [5, 5.41) is 0. The summed E-state index contributed by atoms with van der Waals surface area (Å²) in [7, 11) is 4.16. The van der Waals surface area contributed by atoms with E-state index in [-0.39, 0.29) is 24.1 Å². The highest BCUT2D eigenvalue weighted by atomic mass is 16.6. The van der Waals surface area contributed by atoms with Crippen LogP contribution in [0.25, 0.3) is 0 Å². The maximum absolute atomic E-state index is 12.8. The lowest BCUT2D eigenvalue weighted by Crippen LogP contribution is -2.51. The first kappa shape index (κ1) is 22.2. The van der Waals surface area contributed by atoms with Crippen LogP contribution in [-0.4, -0.2) is 55.7 Å². The number of rotatable bonds is 5. The van der Waals surface area contributed by atoms with Crippen molar-refractivity contribution in [2.75, 3.05) is 30.4 Å². The van der Waals surface area contributed by atoms with Crippen LogP contribution >= 0.6 is 0 Å². The van der Waals surface area contributed by atoms with Gasteiger partial charge < -0.3 is 14.5 Å². The summed E-state index contributed by atoms with van der Waals surface area (Å²) in [5.41, 5.74) is 2.69. The molecular formula is C22H35N3O3. The first-order valence-corrected chi connectivity index (χ1v) is 10.2. The molecule has 2 amide bonds. The largest absolute Gasteiger partial charge is 0.446 e. The number of amides is 2. The van der Waals surface area contributed by atoms with Crippen molar-refractivity contribution in [2.45, 2.75) is 72.1 Å². The second-order valence-electron chi connectivity index (χ2n) is 8.25. The molecule has 1 aromatic rings. The number of ether oxygens (including phenoxy) is 1. The molecular weight excluding hydrogens is 354 g/mol. The zero-order chi connectivity index (χ0) is 21.2. The molecule has 3 atom stereocenters. The number of likely N-dealkylation sites (N-methyl/N-ethyl adjacent to an activating group) is 1. The van der Waals surface area contributed by atoms with Gasteiger partial charge in [-0.1, -0.05) is 13.0 Å². The average molecular weight is 390 g/mol. The smallest absolute Gasteiger partial charge is 0.414 e. The zero-order valence-electron chi connectivity index (χ0n) is 18.5. The van der Waals surface area contributed by atoms with Gasteiger partial charge in [0, 0.05) is 19.5 Å². The highest BCUT2D eigenvalue weighted by Crippen LogP contribution is 2.39. The number of hydrogen-bond acceptors (Lipinski definition) is 4. The van der Waals surface area contributed by atoms with Crippen molar-refractivity contribution in [1.82, 2.24) is 4.90 Å². The van der Waals surface area contributed by atoms with Crippen molar-refractivity contribution < 1.29 is 14.3 Å². The van der Waals surface area contributed by atoms with Crippen molar-refractivity contribution in [3.05, 3.63) is 23.8 Å². The number of anilines is 2. The van der Waals surface area contributed by atoms with Crippen molar-refractivity contribution >= 4 is 23.4 Å². The van der Waals surface area contributed by atoms with Gasteiger partial charge in [-0.2, -0.15) is 0 Å². The fourth-order valence-corrected chi connectivity index (χ4v) is 4.01. The van der Waals surface area contributed by atoms with Crippen molar-refractivity contribution in [2.24, 2.45) is 0 Å². The molecule has 0 saturated heterocycles. The molecule has 1 aliphatic rings. The van der Waals surface area contributed by atoms with Crippen LogP contribution in [0.15, 0.2) is 18.2 Å². The molecule has 156 valence electrons. The lowest BCUT2D eigenvalue weighted by molar-refractivity contribution is -0.117. The Labute approximate surface area is 169 Å². The van der Waals surface area contributed by atoms with E-state index in [1.54, 1.807) is 16.7 Å². The van der Waals surface area contributed by atoms with Crippen LogP contribution in [0.4, 0.5) is 16.2 Å². The summed E-state index contributed by atoms with van der Waals surface area (Å²) < 4.78 is 5.48. The van der Waals surface area contributed by atoms with Gasteiger partial charge >= 0.3 is 6.09 Å². The maximum atomic E-state index is 12.8. The monoisotopic (exact) mass is 389 g/mol. The minimum absolute atomic E-state index is 0.0212. The van der Waals surface area contributed by atoms with Gasteiger partial charge in [-0.25, -0.2) is 4.79 Å². The molecule has 0 fully saturated rings. The third-order valence-electron chi connectivity index (χ3n) is 5.60. The van der Waals surface area contributed by atoms with Crippen LogP contribution in [0.5, 0.6) is 0 Å². The second-order valence-corrected chi connectivity index (χ2v) is 8.25. The molecule has 1 heterocycles. The number of carbonyl (C=O) groups excluding carboxylic acids is 2. The summed E-state index contributed by atoms with van der Waals surface area (Å²) in [5.74, 6) is 0.306. The van der Waals surface area contributed by atoms with E-state index in [1.165, 1.54) is 5.56 Å². The first-order chi connectivity index (χ1) is 13.1. The molecule has 0 aliphatic carbocycles. The van der Waals surface area contributed by atoms with Crippen molar-refractivity contribution in [3.63, 3.8) is 0 Å². The molecule has 2 unspecified atom stereocenters. The highest BCUT2D eigenvalue weighted by molar-refractivity contribution is 6.02. The van der Waals surface area contributed by atoms with E-state index < -0.39 is 0 Å². The Morgan fingerprint density at radius 2 is 1.86 bits per heavy atom. The predicted molar refractivity (Wildman–Crippen MR) is 114 cm³/mol. The molecule has 28 heavy (non-hydrogen) atoms. The fourth-order valence-electron chi connectivity index (χ4n) is 4.01. The Morgan fingerprint density at radius 1 is 1.21 bits per heavy atom. The summed E-state index contributed by atoms with van der Waals surface area (Å²) in [6.45, 7) is 12.0. The van der Waals surface area contributed by atoms with Crippen LogP contribution < -0.4 is 9.80 Å². The molecule has 6 heteroatoms. The lowest BCUT2D eigenvalue weighted by Gasteiger charge is -2.41. The average Bonchev–Trinajstić information content (AvgIpc) is 2.60. The topological polar surface area (TPSA) is 53.1 Å². The summed E-state index contributed by atoms with van der Waals surface area (Å²) >= 11 is 0. The Bertz CT molecular complexity index is 717. The van der Waals surface area contributed by atoms with Crippen LogP contribution in [-0.2, 0) is 9.53 Å². The van der Waals surface area contributed by atoms with E-state index in [0.717, 1.165) is 17.8 Å². The summed E-state index contributed by atoms with van der Waals surface area (Å²) in [6, 6.07) is 6.37. The third kappa shape index (κ3) is 4.49. The molecule has 0 aromatic heterocycles. The standard InChI is InChI=1S/C22H35N3O3/c1-9-19(16(5)23(7)8)18-10-11-20-21(12-18)24(22(27)28-14(2)3)13-15(4)25(20)17(6)26/h10-12,14-16,19H,9,13H2,1-8H3/t15-,16?,19?/m0/s1. The molecule has 1 aliphatic heterocycles. The molecule has 1 aromatic carbocycles. The fraction of sp³-hybridized carbons (Fsp3) is 0.636. The highest BCUT2D eigenvalue weighted by Gasteiger charge is 2.35. The van der Waals surface area contributed by atoms with E-state index in [2.05, 4.69) is 45.0 Å². The summed E-state index contributed by atoms with van der Waals surface area (Å²) in [6.07, 6.45) is 0.427. The SMILES string of the molecule is CCC(c1ccc2c(c1)N(C(=O)OC(C)C)C[C@H](C)N2C(C)=O)C(C)N(C)C. The minimum atomic E-state index is -0.364. The van der Waals surface area contributed by atoms with Crippen molar-refractivity contribution in [3.8, 4) is 0 Å². The number of hydrogen-bond donors (Lipinski definition) is 0. The lowest BCUT2D eigenvalue weighted by atomic mass is 9.88. The van der Waals surface area contributed by atoms with Gasteiger partial charge in [0.05, 0.1) is 23.5 Å². The Balaban J connectivity index is 2.55. The number of benzene rings is 1. The molecule has 2 rings (SSSR count). The normalized spacial score (nSPS) is 18.9. The molecule has 0 bridgehead atoms. The van der Waals surface area contributed by atoms with E-state index in [4.69, 9.17) is 4.74 Å². The van der Waals surface area contributed by atoms with Gasteiger partial charge in [0.2, 0.25) is 5.91 Å². The molecule has 0 saturated carbocycles. The molecule has 0 N–H and O–H groups in total. The van der Waals surface area contributed by atoms with Gasteiger partial charge in [-0.15, -0.1) is 0 Å². The molecule has 0 radical (unpaired) electrons. The zero-order valence-corrected chi connectivity index (χ0v) is 18.5. The maximum Gasteiger partial charge on any atom is 0.414 e. The summed E-state index contributed by atoms with van der Waals surface area (Å²) in [4.78, 5) is 30.7. The van der Waals surface area contributed by atoms with E-state index >= 15 is 0 Å². The van der Waals surface area contributed by atoms with E-state index in [1.807, 2.05) is 26.8 Å². The van der Waals surface area contributed by atoms with Gasteiger partial charge in [0.15, 0.2) is 0 Å². The van der Waals surface area contributed by atoms with Gasteiger partial charge in [0.25, 0.3) is 0 Å². The van der Waals surface area contributed by atoms with Gasteiger partial charge in [-0.05, 0) is 71.8 Å². The molecule has 6 nitrogen and oxygen atoms in total. The minimum Gasteiger partial charge on any atom is -0.446 e. The van der Waals surface area contributed by atoms with Crippen molar-refractivity contribution in [1.29, 1.82) is 0 Å². The first-order valence-electron chi connectivity index (χ1n) is 10.2.